The van der Waals surface area contributed by atoms with Crippen LogP contribution in [-0.2, 0) is 13.1 Å². The Bertz CT molecular complexity index is 593. The molecule has 0 bridgehead atoms. The number of anilines is 3. The lowest BCUT2D eigenvalue weighted by molar-refractivity contribution is 0.679. The minimum Gasteiger partial charge on any atom is -0.368 e. The quantitative estimate of drug-likeness (QED) is 0.713. The van der Waals surface area contributed by atoms with Gasteiger partial charge < -0.3 is 21.7 Å². The van der Waals surface area contributed by atoms with Crippen molar-refractivity contribution in [2.45, 2.75) is 13.1 Å². The normalized spacial score (nSPS) is 14.7. The van der Waals surface area contributed by atoms with Gasteiger partial charge in [0, 0.05) is 25.3 Å². The Morgan fingerprint density at radius 2 is 1.85 bits per heavy atom. The number of rotatable bonds is 2. The van der Waals surface area contributed by atoms with Crippen LogP contribution < -0.4 is 21.7 Å². The number of fused-ring (bicyclic) bond motifs is 1. The van der Waals surface area contributed by atoms with E-state index in [9.17, 15) is 0 Å². The largest absolute Gasteiger partial charge is 0.368 e. The molecule has 3 rings (SSSR count). The molecule has 0 fully saturated rings. The molecule has 20 heavy (non-hydrogen) atoms. The van der Waals surface area contributed by atoms with Crippen LogP contribution in [0, 0.1) is 0 Å². The summed E-state index contributed by atoms with van der Waals surface area (Å²) >= 11 is 0. The molecule has 1 aromatic carbocycles. The monoisotopic (exact) mass is 271 g/mol. The summed E-state index contributed by atoms with van der Waals surface area (Å²) in [4.78, 5) is 14.3. The topological polar surface area (TPSA) is 106 Å². The number of nitrogens with zero attached hydrogens (tertiary/aromatic N) is 4. The van der Waals surface area contributed by atoms with Crippen molar-refractivity contribution >= 4 is 17.6 Å². The maximum Gasteiger partial charge on any atom is 0.225 e. The van der Waals surface area contributed by atoms with Gasteiger partial charge in [0.05, 0.1) is 6.54 Å². The lowest BCUT2D eigenvalue weighted by Gasteiger charge is -2.23. The van der Waals surface area contributed by atoms with E-state index in [1.807, 2.05) is 12.1 Å². The Balaban J connectivity index is 1.90. The van der Waals surface area contributed by atoms with Crippen LogP contribution in [-0.4, -0.2) is 28.0 Å². The van der Waals surface area contributed by atoms with Crippen LogP contribution >= 0.6 is 0 Å². The van der Waals surface area contributed by atoms with Gasteiger partial charge in [-0.3, -0.25) is 0 Å². The lowest BCUT2D eigenvalue weighted by Crippen LogP contribution is -2.29. The first-order chi connectivity index (χ1) is 9.72. The summed E-state index contributed by atoms with van der Waals surface area (Å²) in [6.07, 6.45) is 0. The van der Waals surface area contributed by atoms with Gasteiger partial charge in [0.1, 0.15) is 0 Å². The summed E-state index contributed by atoms with van der Waals surface area (Å²) in [5, 5.41) is 3.40. The van der Waals surface area contributed by atoms with Crippen molar-refractivity contribution in [2.24, 2.45) is 0 Å². The predicted octanol–water partition coefficient (Wildman–Crippen LogP) is 0.146. The predicted molar refractivity (Wildman–Crippen MR) is 77.9 cm³/mol. The van der Waals surface area contributed by atoms with Gasteiger partial charge in [-0.25, -0.2) is 0 Å². The van der Waals surface area contributed by atoms with Crippen LogP contribution in [0.25, 0.3) is 0 Å². The third kappa shape index (κ3) is 2.62. The smallest absolute Gasteiger partial charge is 0.225 e. The molecular weight excluding hydrogens is 254 g/mol. The Labute approximate surface area is 117 Å². The zero-order chi connectivity index (χ0) is 13.9. The Kier molecular flexibility index (Phi) is 3.34. The van der Waals surface area contributed by atoms with Gasteiger partial charge in [-0.05, 0) is 11.6 Å². The van der Waals surface area contributed by atoms with Gasteiger partial charge in [0.15, 0.2) is 5.82 Å². The minimum atomic E-state index is 0.161. The van der Waals surface area contributed by atoms with Crippen molar-refractivity contribution in [1.82, 2.24) is 20.3 Å². The molecule has 0 atom stereocenters. The number of hydrogen-bond donors (Lipinski definition) is 3. The Morgan fingerprint density at radius 1 is 1.10 bits per heavy atom. The summed E-state index contributed by atoms with van der Waals surface area (Å²) in [5.74, 6) is 0.911. The van der Waals surface area contributed by atoms with Gasteiger partial charge in [-0.2, -0.15) is 15.0 Å². The summed E-state index contributed by atoms with van der Waals surface area (Å²) < 4.78 is 0. The first kappa shape index (κ1) is 12.6. The fraction of sp³-hybridized carbons (Fsp3) is 0.308. The van der Waals surface area contributed by atoms with Crippen LogP contribution in [0.5, 0.6) is 0 Å². The number of nitrogens with two attached hydrogens (primary N) is 2. The standard InChI is InChI=1S/C13H17N7/c14-12-17-11(18-13(15)19-12)8-20-6-5-16-7-9-3-1-2-4-10(9)20/h1-4,16H,5-8H2,(H4,14,15,17,18,19). The van der Waals surface area contributed by atoms with E-state index in [2.05, 4.69) is 37.3 Å². The highest BCUT2D eigenvalue weighted by atomic mass is 15.2. The molecule has 0 saturated heterocycles. The number of nitrogen functional groups attached to an aromatic ring is 2. The van der Waals surface area contributed by atoms with Gasteiger partial charge >= 0.3 is 0 Å². The zero-order valence-corrected chi connectivity index (χ0v) is 11.1. The summed E-state index contributed by atoms with van der Waals surface area (Å²) in [6, 6.07) is 8.31. The first-order valence-corrected chi connectivity index (χ1v) is 6.52. The molecule has 5 N–H and O–H groups in total. The summed E-state index contributed by atoms with van der Waals surface area (Å²) in [7, 11) is 0. The maximum absolute atomic E-state index is 5.62. The molecule has 1 aromatic heterocycles. The number of hydrogen-bond acceptors (Lipinski definition) is 7. The number of para-hydroxylation sites is 1. The molecule has 0 saturated carbocycles. The molecule has 1 aliphatic heterocycles. The van der Waals surface area contributed by atoms with E-state index in [1.54, 1.807) is 0 Å². The molecule has 2 heterocycles. The average molecular weight is 271 g/mol. The highest BCUT2D eigenvalue weighted by Crippen LogP contribution is 2.23. The molecule has 0 amide bonds. The minimum absolute atomic E-state index is 0.161. The molecule has 104 valence electrons. The van der Waals surface area contributed by atoms with Crippen molar-refractivity contribution in [1.29, 1.82) is 0 Å². The first-order valence-electron chi connectivity index (χ1n) is 6.52. The van der Waals surface area contributed by atoms with E-state index in [4.69, 9.17) is 11.5 Å². The fourth-order valence-electron chi connectivity index (χ4n) is 2.39. The molecule has 7 heteroatoms. The van der Waals surface area contributed by atoms with Crippen LogP contribution in [0.15, 0.2) is 24.3 Å². The SMILES string of the molecule is Nc1nc(N)nc(CN2CCNCc3ccccc32)n1. The molecule has 0 aliphatic carbocycles. The van der Waals surface area contributed by atoms with E-state index >= 15 is 0 Å². The summed E-state index contributed by atoms with van der Waals surface area (Å²) in [6.45, 7) is 3.22. The highest BCUT2D eigenvalue weighted by Gasteiger charge is 2.16. The van der Waals surface area contributed by atoms with Crippen LogP contribution in [0.1, 0.15) is 11.4 Å². The average Bonchev–Trinajstić information content (AvgIpc) is 2.61. The fourth-order valence-corrected chi connectivity index (χ4v) is 2.39. The van der Waals surface area contributed by atoms with Gasteiger partial charge in [0.2, 0.25) is 11.9 Å². The van der Waals surface area contributed by atoms with Crippen molar-refractivity contribution in [3.8, 4) is 0 Å². The molecule has 0 unspecified atom stereocenters. The Morgan fingerprint density at radius 3 is 2.65 bits per heavy atom. The molecule has 1 aliphatic rings. The van der Waals surface area contributed by atoms with Gasteiger partial charge in [0.25, 0.3) is 0 Å². The lowest BCUT2D eigenvalue weighted by atomic mass is 10.1. The van der Waals surface area contributed by atoms with Crippen molar-refractivity contribution < 1.29 is 0 Å². The second kappa shape index (κ2) is 5.30. The van der Waals surface area contributed by atoms with E-state index in [1.165, 1.54) is 11.3 Å². The van der Waals surface area contributed by atoms with Crippen LogP contribution in [0.3, 0.4) is 0 Å². The van der Waals surface area contributed by atoms with Crippen molar-refractivity contribution in [3.63, 3.8) is 0 Å². The van der Waals surface area contributed by atoms with E-state index in [0.717, 1.165) is 19.6 Å². The van der Waals surface area contributed by atoms with E-state index < -0.39 is 0 Å². The molecule has 7 nitrogen and oxygen atoms in total. The highest BCUT2D eigenvalue weighted by molar-refractivity contribution is 5.54. The third-order valence-electron chi connectivity index (χ3n) is 3.25. The Hall–Kier alpha value is -2.41. The van der Waals surface area contributed by atoms with E-state index in [-0.39, 0.29) is 11.9 Å². The van der Waals surface area contributed by atoms with Gasteiger partial charge in [-0.15, -0.1) is 0 Å². The zero-order valence-electron chi connectivity index (χ0n) is 11.1. The molecule has 0 radical (unpaired) electrons. The molecular formula is C13H17N7. The number of nitrogens with one attached hydrogen (secondary N) is 1. The second-order valence-electron chi connectivity index (χ2n) is 4.70. The molecule has 2 aromatic rings. The van der Waals surface area contributed by atoms with Crippen LogP contribution in [0.2, 0.25) is 0 Å². The van der Waals surface area contributed by atoms with Crippen molar-refractivity contribution in [2.75, 3.05) is 29.5 Å². The van der Waals surface area contributed by atoms with Gasteiger partial charge in [-0.1, -0.05) is 18.2 Å². The maximum atomic E-state index is 5.62. The molecule has 0 spiro atoms. The van der Waals surface area contributed by atoms with Crippen LogP contribution in [0.4, 0.5) is 17.6 Å². The number of benzene rings is 1. The third-order valence-corrected chi connectivity index (χ3v) is 3.25. The van der Waals surface area contributed by atoms with E-state index in [0.29, 0.717) is 12.4 Å². The van der Waals surface area contributed by atoms with Crippen molar-refractivity contribution in [3.05, 3.63) is 35.7 Å². The summed E-state index contributed by atoms with van der Waals surface area (Å²) in [5.41, 5.74) is 13.7. The number of aromatic nitrogens is 3. The second-order valence-corrected chi connectivity index (χ2v) is 4.70.